The summed E-state index contributed by atoms with van der Waals surface area (Å²) in [6, 6.07) is 15.0. The van der Waals surface area contributed by atoms with Crippen LogP contribution in [0.4, 0.5) is 5.69 Å². The summed E-state index contributed by atoms with van der Waals surface area (Å²) in [7, 11) is 0. The van der Waals surface area contributed by atoms with Gasteiger partial charge >= 0.3 is 0 Å². The predicted octanol–water partition coefficient (Wildman–Crippen LogP) is 4.49. The van der Waals surface area contributed by atoms with Gasteiger partial charge in [0.25, 0.3) is 0 Å². The molecule has 1 aliphatic heterocycles. The molecule has 0 spiro atoms. The molecule has 1 saturated carbocycles. The van der Waals surface area contributed by atoms with Crippen molar-refractivity contribution in [1.29, 1.82) is 0 Å². The number of aryl methyl sites for hydroxylation is 1. The van der Waals surface area contributed by atoms with Crippen LogP contribution in [0.15, 0.2) is 60.7 Å². The number of amides is 2. The van der Waals surface area contributed by atoms with Gasteiger partial charge in [0.1, 0.15) is 11.5 Å². The molecule has 2 fully saturated rings. The molecule has 4 nitrogen and oxygen atoms in total. The van der Waals surface area contributed by atoms with Crippen LogP contribution in [0.2, 0.25) is 0 Å². The normalized spacial score (nSPS) is 30.9. The third-order valence-corrected chi connectivity index (χ3v) is 6.46. The number of nitrogens with zero attached hydrogens (tertiary/aromatic N) is 1. The van der Waals surface area contributed by atoms with Crippen LogP contribution in [-0.2, 0) is 9.59 Å². The molecule has 2 aromatic rings. The quantitative estimate of drug-likeness (QED) is 0.599. The molecule has 1 heterocycles. The van der Waals surface area contributed by atoms with E-state index in [0.717, 1.165) is 12.2 Å². The van der Waals surface area contributed by atoms with E-state index in [4.69, 9.17) is 4.74 Å². The second-order valence-electron chi connectivity index (χ2n) is 8.04. The Morgan fingerprint density at radius 1 is 0.963 bits per heavy atom. The Morgan fingerprint density at radius 2 is 1.59 bits per heavy atom. The Kier molecular flexibility index (Phi) is 3.36. The number of rotatable bonds is 3. The van der Waals surface area contributed by atoms with Crippen molar-refractivity contribution in [2.75, 3.05) is 4.90 Å². The van der Waals surface area contributed by atoms with Gasteiger partial charge in [0.05, 0.1) is 17.0 Å². The number of carbonyl (C=O) groups is 2. The largest absolute Gasteiger partial charge is 0.457 e. The minimum atomic E-state index is -0.590. The first-order valence-electron chi connectivity index (χ1n) is 9.40. The molecule has 4 atom stereocenters. The van der Waals surface area contributed by atoms with Crippen molar-refractivity contribution in [1.82, 2.24) is 0 Å². The van der Waals surface area contributed by atoms with Crippen molar-refractivity contribution < 1.29 is 14.3 Å². The highest BCUT2D eigenvalue weighted by Gasteiger charge is 2.67. The van der Waals surface area contributed by atoms with Crippen molar-refractivity contribution >= 4 is 17.5 Å². The van der Waals surface area contributed by atoms with Gasteiger partial charge < -0.3 is 4.74 Å². The maximum absolute atomic E-state index is 13.2. The number of hydrogen-bond acceptors (Lipinski definition) is 3. The van der Waals surface area contributed by atoms with E-state index in [1.54, 1.807) is 24.3 Å². The Labute approximate surface area is 158 Å². The van der Waals surface area contributed by atoms with Crippen LogP contribution in [0.5, 0.6) is 11.5 Å². The van der Waals surface area contributed by atoms with Gasteiger partial charge in [-0.1, -0.05) is 29.8 Å². The summed E-state index contributed by atoms with van der Waals surface area (Å²) in [5.41, 5.74) is 1.20. The van der Waals surface area contributed by atoms with Crippen LogP contribution in [0.3, 0.4) is 0 Å². The third-order valence-electron chi connectivity index (χ3n) is 6.46. The van der Waals surface area contributed by atoms with Gasteiger partial charge in [-0.3, -0.25) is 9.59 Å². The Hall–Kier alpha value is -2.88. The highest BCUT2D eigenvalue weighted by Crippen LogP contribution is 2.60. The van der Waals surface area contributed by atoms with E-state index in [0.29, 0.717) is 11.4 Å². The van der Waals surface area contributed by atoms with Crippen LogP contribution >= 0.6 is 0 Å². The average Bonchev–Trinajstić information content (AvgIpc) is 3.30. The van der Waals surface area contributed by atoms with E-state index in [-0.39, 0.29) is 29.6 Å². The van der Waals surface area contributed by atoms with E-state index in [1.165, 1.54) is 10.5 Å². The van der Waals surface area contributed by atoms with Crippen LogP contribution in [0.1, 0.15) is 18.9 Å². The molecule has 0 aromatic heterocycles. The molecule has 27 heavy (non-hydrogen) atoms. The number of anilines is 1. The summed E-state index contributed by atoms with van der Waals surface area (Å²) in [5, 5.41) is 0. The topological polar surface area (TPSA) is 46.6 Å². The molecular weight excluding hydrogens is 338 g/mol. The number of ether oxygens (including phenoxy) is 1. The fraction of sp³-hybridized carbons (Fsp3) is 0.304. The fourth-order valence-electron chi connectivity index (χ4n) is 4.96. The first-order chi connectivity index (χ1) is 13.0. The van der Waals surface area contributed by atoms with Gasteiger partial charge in [0.15, 0.2) is 0 Å². The monoisotopic (exact) mass is 359 g/mol. The molecule has 4 heteroatoms. The molecule has 1 saturated heterocycles. The molecule has 0 radical (unpaired) electrons. The molecule has 2 amide bonds. The molecule has 2 aromatic carbocycles. The lowest BCUT2D eigenvalue weighted by Crippen LogP contribution is -2.37. The minimum absolute atomic E-state index is 0.0634. The average molecular weight is 359 g/mol. The van der Waals surface area contributed by atoms with Gasteiger partial charge in [0.2, 0.25) is 11.8 Å². The Balaban J connectivity index is 1.40. The van der Waals surface area contributed by atoms with Gasteiger partial charge in [-0.2, -0.15) is 0 Å². The molecule has 2 bridgehead atoms. The lowest BCUT2D eigenvalue weighted by atomic mass is 9.71. The van der Waals surface area contributed by atoms with E-state index in [9.17, 15) is 9.59 Å². The van der Waals surface area contributed by atoms with E-state index < -0.39 is 5.41 Å². The summed E-state index contributed by atoms with van der Waals surface area (Å²) in [6.45, 7) is 3.99. The van der Waals surface area contributed by atoms with Gasteiger partial charge in [0, 0.05) is 0 Å². The van der Waals surface area contributed by atoms with Crippen molar-refractivity contribution in [2.24, 2.45) is 23.2 Å². The van der Waals surface area contributed by atoms with Gasteiger partial charge in [-0.25, -0.2) is 4.90 Å². The lowest BCUT2D eigenvalue weighted by Gasteiger charge is -2.28. The second-order valence-corrected chi connectivity index (χ2v) is 8.04. The Morgan fingerprint density at radius 3 is 2.22 bits per heavy atom. The highest BCUT2D eigenvalue weighted by molar-refractivity contribution is 6.24. The zero-order valence-electron chi connectivity index (χ0n) is 15.4. The zero-order chi connectivity index (χ0) is 18.8. The summed E-state index contributed by atoms with van der Waals surface area (Å²) < 4.78 is 5.84. The molecule has 136 valence electrons. The van der Waals surface area contributed by atoms with E-state index >= 15 is 0 Å². The number of benzene rings is 2. The van der Waals surface area contributed by atoms with Gasteiger partial charge in [-0.05, 0) is 68.5 Å². The van der Waals surface area contributed by atoms with Crippen molar-refractivity contribution in [2.45, 2.75) is 20.3 Å². The zero-order valence-corrected chi connectivity index (χ0v) is 15.4. The first-order valence-corrected chi connectivity index (χ1v) is 9.40. The van der Waals surface area contributed by atoms with E-state index in [2.05, 4.69) is 12.2 Å². The second kappa shape index (κ2) is 5.56. The van der Waals surface area contributed by atoms with Crippen LogP contribution in [0, 0.1) is 30.1 Å². The molecule has 0 N–H and O–H groups in total. The summed E-state index contributed by atoms with van der Waals surface area (Å²) in [4.78, 5) is 27.6. The van der Waals surface area contributed by atoms with Crippen LogP contribution < -0.4 is 9.64 Å². The van der Waals surface area contributed by atoms with Crippen molar-refractivity contribution in [3.8, 4) is 11.5 Å². The standard InChI is InChI=1S/C23H21NO3/c1-14-3-9-18(10-4-14)27-19-11-7-17(8-12-19)24-21(25)20-15-5-6-16(13-15)23(20,2)22(24)26/h3-12,15-16,20H,13H2,1-2H3/t15-,16-,20-,23+/m1/s1. The summed E-state index contributed by atoms with van der Waals surface area (Å²) in [5.74, 6) is 1.46. The van der Waals surface area contributed by atoms with Gasteiger partial charge in [-0.15, -0.1) is 0 Å². The van der Waals surface area contributed by atoms with Crippen LogP contribution in [-0.4, -0.2) is 11.8 Å². The lowest BCUT2D eigenvalue weighted by molar-refractivity contribution is -0.127. The van der Waals surface area contributed by atoms with Crippen molar-refractivity contribution in [3.05, 3.63) is 66.2 Å². The number of allylic oxidation sites excluding steroid dienone is 2. The number of imide groups is 1. The number of fused-ring (bicyclic) bond motifs is 5. The number of carbonyl (C=O) groups excluding carboxylic acids is 2. The highest BCUT2D eigenvalue weighted by atomic mass is 16.5. The van der Waals surface area contributed by atoms with E-state index in [1.807, 2.05) is 38.1 Å². The molecule has 2 aliphatic carbocycles. The molecule has 5 rings (SSSR count). The van der Waals surface area contributed by atoms with Crippen LogP contribution in [0.25, 0.3) is 0 Å². The number of hydrogen-bond donors (Lipinski definition) is 0. The minimum Gasteiger partial charge on any atom is -0.457 e. The third kappa shape index (κ3) is 2.22. The first kappa shape index (κ1) is 16.3. The summed E-state index contributed by atoms with van der Waals surface area (Å²) in [6.07, 6.45) is 5.16. The molecule has 0 unspecified atom stereocenters. The fourth-order valence-corrected chi connectivity index (χ4v) is 4.96. The molecular formula is C23H21NO3. The SMILES string of the molecule is Cc1ccc(Oc2ccc(N3C(=O)[C@H]4[C@@H]5C=C[C@H](C5)[C@]4(C)C3=O)cc2)cc1. The maximum atomic E-state index is 13.2. The summed E-state index contributed by atoms with van der Waals surface area (Å²) >= 11 is 0. The predicted molar refractivity (Wildman–Crippen MR) is 103 cm³/mol. The maximum Gasteiger partial charge on any atom is 0.241 e. The smallest absolute Gasteiger partial charge is 0.241 e. The molecule has 3 aliphatic rings. The Bertz CT molecular complexity index is 960. The van der Waals surface area contributed by atoms with Crippen molar-refractivity contribution in [3.63, 3.8) is 0 Å².